The molecular weight excluding hydrogens is 379 g/mol. The van der Waals surface area contributed by atoms with Gasteiger partial charge in [-0.3, -0.25) is 0 Å². The van der Waals surface area contributed by atoms with Gasteiger partial charge in [-0.15, -0.1) is 0 Å². The van der Waals surface area contributed by atoms with Crippen molar-refractivity contribution < 1.29 is 22.3 Å². The first-order valence-corrected chi connectivity index (χ1v) is 9.96. The lowest BCUT2D eigenvalue weighted by Gasteiger charge is -2.27. The van der Waals surface area contributed by atoms with E-state index in [1.807, 2.05) is 0 Å². The Bertz CT molecular complexity index is 881. The van der Waals surface area contributed by atoms with Gasteiger partial charge in [-0.25, -0.2) is 19.1 Å². The first-order chi connectivity index (χ1) is 11.1. The molecule has 1 aromatic rings. The van der Waals surface area contributed by atoms with E-state index < -0.39 is 36.2 Å². The highest BCUT2D eigenvalue weighted by atomic mass is 35.5. The molecule has 1 aromatic carbocycles. The van der Waals surface area contributed by atoms with Crippen LogP contribution in [0.1, 0.15) is 20.8 Å². The van der Waals surface area contributed by atoms with Gasteiger partial charge in [-0.2, -0.15) is 8.42 Å². The number of hydrogen-bond acceptors (Lipinski definition) is 5. The summed E-state index contributed by atoms with van der Waals surface area (Å²) in [5.41, 5.74) is 0.632. The largest absolute Gasteiger partial charge is 0.443 e. The molecule has 0 saturated carbocycles. The van der Waals surface area contributed by atoms with E-state index in [-0.39, 0.29) is 16.5 Å². The average molecular weight is 393 g/mol. The lowest BCUT2D eigenvalue weighted by molar-refractivity contribution is 0.0592. The van der Waals surface area contributed by atoms with Crippen LogP contribution in [-0.4, -0.2) is 25.7 Å². The second-order valence-electron chi connectivity index (χ2n) is 5.66. The molecule has 0 saturated heterocycles. The predicted octanol–water partition coefficient (Wildman–Crippen LogP) is 3.47. The fourth-order valence-electron chi connectivity index (χ4n) is 1.72. The number of amides is 1. The Morgan fingerprint density at radius 3 is 2.54 bits per heavy atom. The van der Waals surface area contributed by atoms with E-state index in [1.54, 1.807) is 20.8 Å². The molecule has 0 aromatic heterocycles. The molecule has 0 N–H and O–H groups in total. The normalized spacial score (nSPS) is 16.7. The number of nitrogens with zero attached hydrogens (tertiary/aromatic N) is 2. The summed E-state index contributed by atoms with van der Waals surface area (Å²) in [5.74, 6) is -0.576. The highest BCUT2D eigenvalue weighted by Crippen LogP contribution is 2.29. The summed E-state index contributed by atoms with van der Waals surface area (Å²) in [6.45, 7) is 5.05. The number of carbonyl (C=O) groups is 1. The van der Waals surface area contributed by atoms with Crippen molar-refractivity contribution in [3.05, 3.63) is 40.3 Å². The van der Waals surface area contributed by atoms with E-state index in [4.69, 9.17) is 16.3 Å². The number of rotatable bonds is 2. The van der Waals surface area contributed by atoms with Crippen LogP contribution in [0, 0.1) is 5.82 Å². The minimum atomic E-state index is -2.39. The van der Waals surface area contributed by atoms with Gasteiger partial charge in [-0.1, -0.05) is 11.6 Å². The number of benzene rings is 1. The third kappa shape index (κ3) is 4.43. The fourth-order valence-corrected chi connectivity index (χ4v) is 3.52. The summed E-state index contributed by atoms with van der Waals surface area (Å²) in [6.07, 6.45) is -0.782. The highest BCUT2D eigenvalue weighted by Gasteiger charge is 2.28. The van der Waals surface area contributed by atoms with Crippen molar-refractivity contribution in [3.8, 4) is 0 Å². The standard InChI is InChI=1S/C14H14ClFN2O4S2/c1-14(2,3)22-13(19)18(9-4-5-11(16)10(15)6-9)12-7-23(8-17-12)24(20)21/h4-8H,1-3H3. The van der Waals surface area contributed by atoms with Crippen molar-refractivity contribution in [3.63, 3.8) is 0 Å². The molecule has 1 unspecified atom stereocenters. The number of anilines is 1. The number of aliphatic imine (C=N–C) groups is 1. The molecule has 1 aliphatic heterocycles. The molecule has 1 atom stereocenters. The van der Waals surface area contributed by atoms with Crippen molar-refractivity contribution in [2.24, 2.45) is 4.99 Å². The van der Waals surface area contributed by atoms with E-state index in [0.717, 1.165) is 11.0 Å². The van der Waals surface area contributed by atoms with E-state index in [1.165, 1.54) is 23.1 Å². The zero-order valence-corrected chi connectivity index (χ0v) is 15.4. The number of ether oxygens (including phenoxy) is 1. The molecule has 2 rings (SSSR count). The zero-order chi connectivity index (χ0) is 18.1. The van der Waals surface area contributed by atoms with Gasteiger partial charge in [-0.05, 0) is 39.0 Å². The summed E-state index contributed by atoms with van der Waals surface area (Å²) in [7, 11) is -3.63. The molecule has 24 heavy (non-hydrogen) atoms. The van der Waals surface area contributed by atoms with Crippen molar-refractivity contribution >= 4 is 47.6 Å². The molecule has 0 radical (unpaired) electrons. The Hall–Kier alpha value is -1.71. The Balaban J connectivity index is 2.52. The van der Waals surface area contributed by atoms with Crippen molar-refractivity contribution in [2.75, 3.05) is 4.90 Å². The number of halogens is 2. The smallest absolute Gasteiger partial charge is 0.420 e. The van der Waals surface area contributed by atoms with Gasteiger partial charge in [0.2, 0.25) is 9.26 Å². The van der Waals surface area contributed by atoms with Crippen LogP contribution < -0.4 is 4.90 Å². The van der Waals surface area contributed by atoms with Crippen molar-refractivity contribution in [1.29, 1.82) is 0 Å². The summed E-state index contributed by atoms with van der Waals surface area (Å²) < 4.78 is 40.9. The van der Waals surface area contributed by atoms with Crippen LogP contribution in [0.15, 0.2) is 34.4 Å². The molecule has 6 nitrogen and oxygen atoms in total. The minimum absolute atomic E-state index is 0.0689. The Labute approximate surface area is 146 Å². The minimum Gasteiger partial charge on any atom is -0.443 e. The Morgan fingerprint density at radius 2 is 2.04 bits per heavy atom. The van der Waals surface area contributed by atoms with Gasteiger partial charge in [0.25, 0.3) is 0 Å². The van der Waals surface area contributed by atoms with Gasteiger partial charge in [0, 0.05) is 14.9 Å². The van der Waals surface area contributed by atoms with E-state index in [9.17, 15) is 17.6 Å². The Kier molecular flexibility index (Phi) is 5.46. The summed E-state index contributed by atoms with van der Waals surface area (Å²) >= 11 is 5.77. The van der Waals surface area contributed by atoms with Gasteiger partial charge < -0.3 is 4.74 Å². The highest BCUT2D eigenvalue weighted by molar-refractivity contribution is 8.42. The maximum atomic E-state index is 13.4. The molecule has 0 aliphatic carbocycles. The van der Waals surface area contributed by atoms with Crippen molar-refractivity contribution in [2.45, 2.75) is 26.4 Å². The SMILES string of the molecule is CC(C)(C)OC(=O)N(C1=CS(=S(=O)=O)C=N1)c1ccc(F)c(Cl)c1. The van der Waals surface area contributed by atoms with Gasteiger partial charge in [0.15, 0.2) is 0 Å². The molecule has 0 spiro atoms. The maximum Gasteiger partial charge on any atom is 0.420 e. The third-order valence-corrected chi connectivity index (χ3v) is 5.48. The van der Waals surface area contributed by atoms with Crippen LogP contribution in [0.5, 0.6) is 0 Å². The second-order valence-corrected chi connectivity index (χ2v) is 9.55. The molecule has 1 heterocycles. The molecule has 10 heteroatoms. The number of hydrogen-bond donors (Lipinski definition) is 0. The molecule has 0 fully saturated rings. The van der Waals surface area contributed by atoms with Crippen LogP contribution in [0.3, 0.4) is 0 Å². The van der Waals surface area contributed by atoms with Crippen LogP contribution in [0.25, 0.3) is 0 Å². The number of carbonyl (C=O) groups excluding carboxylic acids is 1. The van der Waals surface area contributed by atoms with E-state index >= 15 is 0 Å². The predicted molar refractivity (Wildman–Crippen MR) is 93.0 cm³/mol. The van der Waals surface area contributed by atoms with Gasteiger partial charge in [0.05, 0.1) is 16.3 Å². The summed E-state index contributed by atoms with van der Waals surface area (Å²) in [6, 6.07) is 3.66. The van der Waals surface area contributed by atoms with Crippen molar-refractivity contribution in [1.82, 2.24) is 0 Å². The first kappa shape index (κ1) is 18.6. The zero-order valence-electron chi connectivity index (χ0n) is 13.0. The average Bonchev–Trinajstić information content (AvgIpc) is 2.90. The first-order valence-electron chi connectivity index (χ1n) is 6.64. The van der Waals surface area contributed by atoms with E-state index in [2.05, 4.69) is 4.99 Å². The van der Waals surface area contributed by atoms with Crippen LogP contribution >= 0.6 is 11.6 Å². The van der Waals surface area contributed by atoms with E-state index in [0.29, 0.717) is 0 Å². The van der Waals surface area contributed by atoms with Gasteiger partial charge >= 0.3 is 6.09 Å². The van der Waals surface area contributed by atoms with Crippen LogP contribution in [-0.2, 0) is 23.5 Å². The fraction of sp³-hybridized carbons (Fsp3) is 0.286. The summed E-state index contributed by atoms with van der Waals surface area (Å²) in [5, 5.41) is 1.12. The molecule has 0 bridgehead atoms. The van der Waals surface area contributed by atoms with Crippen LogP contribution in [0.2, 0.25) is 5.02 Å². The maximum absolute atomic E-state index is 13.4. The molecule has 130 valence electrons. The summed E-state index contributed by atoms with van der Waals surface area (Å²) in [4.78, 5) is 17.5. The van der Waals surface area contributed by atoms with Crippen LogP contribution in [0.4, 0.5) is 14.9 Å². The quantitative estimate of drug-likeness (QED) is 0.772. The Morgan fingerprint density at radius 1 is 1.38 bits per heavy atom. The second kappa shape index (κ2) is 7.04. The topological polar surface area (TPSA) is 76.0 Å². The monoisotopic (exact) mass is 392 g/mol. The molecule has 1 amide bonds. The van der Waals surface area contributed by atoms with Gasteiger partial charge in [0.1, 0.15) is 17.2 Å². The lowest BCUT2D eigenvalue weighted by atomic mass is 10.2. The third-order valence-electron chi connectivity index (χ3n) is 2.63. The molecular formula is C14H14ClFN2O4S2. The molecule has 1 aliphatic rings. The lowest BCUT2D eigenvalue weighted by Crippen LogP contribution is -2.35.